The molecule has 0 bridgehead atoms. The fourth-order valence-corrected chi connectivity index (χ4v) is 5.41. The molecule has 1 fully saturated rings. The number of halogens is 1. The second kappa shape index (κ2) is 11.7. The third-order valence-electron chi connectivity index (χ3n) is 5.65. The van der Waals surface area contributed by atoms with E-state index in [-0.39, 0.29) is 33.7 Å². The van der Waals surface area contributed by atoms with E-state index >= 15 is 0 Å². The molecule has 2 aromatic rings. The number of amides is 2. The summed E-state index contributed by atoms with van der Waals surface area (Å²) in [6.45, 7) is 4.46. The second-order valence-electron chi connectivity index (χ2n) is 10.1. The van der Waals surface area contributed by atoms with E-state index in [2.05, 4.69) is 5.32 Å². The molecule has 1 saturated carbocycles. The molecule has 10 nitrogen and oxygen atoms in total. The zero-order chi connectivity index (χ0) is 28.3. The van der Waals surface area contributed by atoms with Crippen molar-refractivity contribution in [2.75, 3.05) is 19.0 Å². The zero-order valence-corrected chi connectivity index (χ0v) is 22.5. The van der Waals surface area contributed by atoms with Gasteiger partial charge in [-0.25, -0.2) is 22.4 Å². The van der Waals surface area contributed by atoms with Gasteiger partial charge in [0.15, 0.2) is 16.0 Å². The van der Waals surface area contributed by atoms with E-state index in [1.54, 1.807) is 20.8 Å². The minimum Gasteiger partial charge on any atom is -0.446 e. The minimum absolute atomic E-state index is 0.0644. The monoisotopic (exact) mass is 550 g/mol. The number of rotatable bonds is 9. The normalized spacial score (nSPS) is 14.4. The Bertz CT molecular complexity index is 1260. The van der Waals surface area contributed by atoms with Crippen LogP contribution in [0.3, 0.4) is 0 Å². The van der Waals surface area contributed by atoms with Crippen molar-refractivity contribution in [3.63, 3.8) is 0 Å². The molecule has 2 aromatic carbocycles. The number of hydrogen-bond donors (Lipinski definition) is 3. The van der Waals surface area contributed by atoms with Crippen LogP contribution in [0.1, 0.15) is 50.9 Å². The molecule has 0 saturated heterocycles. The van der Waals surface area contributed by atoms with Crippen LogP contribution >= 0.6 is 0 Å². The van der Waals surface area contributed by atoms with E-state index < -0.39 is 52.8 Å². The average molecular weight is 550 g/mol. The summed E-state index contributed by atoms with van der Waals surface area (Å²) < 4.78 is 50.8. The topological polar surface area (TPSA) is 142 Å². The summed E-state index contributed by atoms with van der Waals surface area (Å²) >= 11 is 0. The molecule has 0 spiro atoms. The van der Waals surface area contributed by atoms with Gasteiger partial charge in [0.1, 0.15) is 12.2 Å². The first-order valence-electron chi connectivity index (χ1n) is 12.0. The molecular formula is C25H32BFN2O8S. The van der Waals surface area contributed by atoms with Crippen LogP contribution in [-0.4, -0.2) is 67.2 Å². The third-order valence-corrected chi connectivity index (χ3v) is 8.01. The lowest BCUT2D eigenvalue weighted by atomic mass is 9.80. The maximum Gasteiger partial charge on any atom is 0.488 e. The van der Waals surface area contributed by atoms with Crippen molar-refractivity contribution < 1.29 is 41.9 Å². The lowest BCUT2D eigenvalue weighted by Crippen LogP contribution is -2.34. The summed E-state index contributed by atoms with van der Waals surface area (Å²) in [7, 11) is -3.81. The van der Waals surface area contributed by atoms with Crippen LogP contribution in [-0.2, 0) is 25.9 Å². The van der Waals surface area contributed by atoms with Crippen LogP contribution in [0.5, 0.6) is 0 Å². The Morgan fingerprint density at radius 1 is 1.16 bits per heavy atom. The second-order valence-corrected chi connectivity index (χ2v) is 12.3. The maximum absolute atomic E-state index is 14.5. The van der Waals surface area contributed by atoms with E-state index in [0.29, 0.717) is 12.8 Å². The molecule has 38 heavy (non-hydrogen) atoms. The highest BCUT2D eigenvalue weighted by atomic mass is 32.2. The molecule has 0 unspecified atom stereocenters. The molecule has 3 rings (SSSR count). The number of nitrogens with one attached hydrogen (secondary N) is 1. The number of alkyl halides is 1. The molecule has 1 aliphatic carbocycles. The predicted octanol–water partition coefficient (Wildman–Crippen LogP) is 2.93. The number of anilines is 1. The highest BCUT2D eigenvalue weighted by Gasteiger charge is 2.38. The number of carbonyl (C=O) groups excluding carboxylic acids is 2. The van der Waals surface area contributed by atoms with Gasteiger partial charge in [0.25, 0.3) is 0 Å². The van der Waals surface area contributed by atoms with E-state index in [0.717, 1.165) is 0 Å². The van der Waals surface area contributed by atoms with Crippen LogP contribution in [0.4, 0.5) is 19.7 Å². The lowest BCUT2D eigenvalue weighted by molar-refractivity contribution is 0.0283. The maximum atomic E-state index is 14.5. The smallest absolute Gasteiger partial charge is 0.446 e. The van der Waals surface area contributed by atoms with Crippen molar-refractivity contribution in [3.8, 4) is 0 Å². The predicted molar refractivity (Wildman–Crippen MR) is 139 cm³/mol. The lowest BCUT2D eigenvalue weighted by Gasteiger charge is -2.25. The Hall–Kier alpha value is -3.16. The van der Waals surface area contributed by atoms with Gasteiger partial charge in [-0.05, 0) is 68.4 Å². The third kappa shape index (κ3) is 7.92. The molecule has 0 heterocycles. The summed E-state index contributed by atoms with van der Waals surface area (Å²) in [5, 5.41) is 20.2. The number of carbonyl (C=O) groups is 2. The molecular weight excluding hydrogens is 518 g/mol. The van der Waals surface area contributed by atoms with Gasteiger partial charge in [-0.1, -0.05) is 24.3 Å². The number of ether oxygens (including phenoxy) is 2. The number of sulfone groups is 1. The molecule has 0 radical (unpaired) electrons. The van der Waals surface area contributed by atoms with Crippen LogP contribution in [0.15, 0.2) is 47.4 Å². The molecule has 1 aliphatic rings. The first-order valence-corrected chi connectivity index (χ1v) is 13.6. The first-order chi connectivity index (χ1) is 17.7. The van der Waals surface area contributed by atoms with Gasteiger partial charge >= 0.3 is 19.3 Å². The fraction of sp³-hybridized carbons (Fsp3) is 0.440. The summed E-state index contributed by atoms with van der Waals surface area (Å²) in [4.78, 5) is 26.1. The van der Waals surface area contributed by atoms with Gasteiger partial charge in [-0.3, -0.25) is 5.32 Å². The number of hydrogen-bond acceptors (Lipinski definition) is 8. The van der Waals surface area contributed by atoms with Crippen molar-refractivity contribution >= 4 is 40.3 Å². The molecule has 1 atom stereocenters. The molecule has 2 amide bonds. The Labute approximate surface area is 221 Å². The van der Waals surface area contributed by atoms with Gasteiger partial charge in [-0.15, -0.1) is 0 Å². The van der Waals surface area contributed by atoms with Crippen molar-refractivity contribution in [2.24, 2.45) is 0 Å². The van der Waals surface area contributed by atoms with Crippen molar-refractivity contribution in [3.05, 3.63) is 53.6 Å². The Morgan fingerprint density at radius 3 is 2.34 bits per heavy atom. The van der Waals surface area contributed by atoms with Crippen molar-refractivity contribution in [1.82, 2.24) is 4.90 Å². The Kier molecular flexibility index (Phi) is 9.06. The number of benzene rings is 2. The molecule has 0 aliphatic heterocycles. The summed E-state index contributed by atoms with van der Waals surface area (Å²) in [5.41, 5.74) is 0.133. The van der Waals surface area contributed by atoms with Gasteiger partial charge in [-0.2, -0.15) is 0 Å². The van der Waals surface area contributed by atoms with Crippen LogP contribution in [0.2, 0.25) is 0 Å². The van der Waals surface area contributed by atoms with E-state index in [1.807, 2.05) is 0 Å². The minimum atomic E-state index is -3.61. The molecule has 0 aromatic heterocycles. The van der Waals surface area contributed by atoms with Gasteiger partial charge in [0.2, 0.25) is 0 Å². The first kappa shape index (κ1) is 29.4. The average Bonchev–Trinajstić information content (AvgIpc) is 3.68. The van der Waals surface area contributed by atoms with E-state index in [9.17, 15) is 22.4 Å². The van der Waals surface area contributed by atoms with Gasteiger partial charge in [0.05, 0.1) is 16.7 Å². The highest BCUT2D eigenvalue weighted by Crippen LogP contribution is 2.36. The summed E-state index contributed by atoms with van der Waals surface area (Å²) in [6.07, 6.45) is -2.14. The molecule has 3 N–H and O–H groups in total. The van der Waals surface area contributed by atoms with Crippen LogP contribution < -0.4 is 10.8 Å². The van der Waals surface area contributed by atoms with Crippen LogP contribution in [0.25, 0.3) is 0 Å². The Morgan fingerprint density at radius 2 is 1.79 bits per heavy atom. The molecule has 206 valence electrons. The van der Waals surface area contributed by atoms with Gasteiger partial charge < -0.3 is 24.4 Å². The van der Waals surface area contributed by atoms with Crippen molar-refractivity contribution in [2.45, 2.75) is 62.1 Å². The highest BCUT2D eigenvalue weighted by molar-refractivity contribution is 7.92. The van der Waals surface area contributed by atoms with Gasteiger partial charge in [0, 0.05) is 12.7 Å². The fourth-order valence-electron chi connectivity index (χ4n) is 3.55. The van der Waals surface area contributed by atoms with Crippen molar-refractivity contribution in [1.29, 1.82) is 0 Å². The molecule has 13 heteroatoms. The summed E-state index contributed by atoms with van der Waals surface area (Å²) in [5.74, 6) is 0. The zero-order valence-electron chi connectivity index (χ0n) is 21.7. The summed E-state index contributed by atoms with van der Waals surface area (Å²) in [6, 6.07) is 9.61. The van der Waals surface area contributed by atoms with E-state index in [4.69, 9.17) is 19.5 Å². The van der Waals surface area contributed by atoms with E-state index in [1.165, 1.54) is 54.4 Å². The Balaban J connectivity index is 1.70. The standard InChI is InChI=1S/C25H32BFN2O8S/c1-25(2,3)37-24(31)29(4)14-17-13-19(9-12-22(17)38(34,35)20-10-11-20)28-23(30)36-15-21(27)16-5-7-18(8-6-16)26(32)33/h5-9,12-13,20-21,32-33H,10-11,14-15H2,1-4H3,(H,28,30)/t21-/m0/s1. The number of nitrogens with zero attached hydrogens (tertiary/aromatic N) is 1. The largest absolute Gasteiger partial charge is 0.488 e. The SMILES string of the molecule is CN(Cc1cc(NC(=O)OC[C@H](F)c2ccc(B(O)O)cc2)ccc1S(=O)(=O)C1CC1)C(=O)OC(C)(C)C. The quantitative estimate of drug-likeness (QED) is 0.405. The van der Waals surface area contributed by atoms with Crippen LogP contribution in [0, 0.1) is 0 Å².